The van der Waals surface area contributed by atoms with Gasteiger partial charge in [-0.2, -0.15) is 0 Å². The number of carbonyl (C=O) groups is 2. The number of Topliss-reactive ketones (excluding diaryl/α,β-unsaturated/α-hetero) is 1. The SMILES string of the molecule is O=C1C(=O)N(Cc2ccccn2)C(c2ccccc2F)/C1=C(/O)c1ccc(Br)cc1. The summed E-state index contributed by atoms with van der Waals surface area (Å²) in [7, 11) is 0. The Bertz CT molecular complexity index is 1150. The molecule has 7 heteroatoms. The van der Waals surface area contributed by atoms with E-state index < -0.39 is 23.5 Å². The number of amides is 1. The molecule has 0 bridgehead atoms. The van der Waals surface area contributed by atoms with Crippen molar-refractivity contribution in [3.8, 4) is 0 Å². The number of aromatic nitrogens is 1. The summed E-state index contributed by atoms with van der Waals surface area (Å²) in [6.07, 6.45) is 1.58. The fraction of sp³-hybridized carbons (Fsp3) is 0.0870. The molecular formula is C23H16BrFN2O3. The molecule has 5 nitrogen and oxygen atoms in total. The first-order chi connectivity index (χ1) is 14.5. The smallest absolute Gasteiger partial charge is 0.296 e. The van der Waals surface area contributed by atoms with Crippen molar-refractivity contribution in [2.75, 3.05) is 0 Å². The molecule has 0 aliphatic carbocycles. The third-order valence-electron chi connectivity index (χ3n) is 4.92. The molecule has 0 spiro atoms. The Morgan fingerprint density at radius 1 is 1.03 bits per heavy atom. The number of aliphatic hydroxyl groups excluding tert-OH is 1. The number of likely N-dealkylation sites (tertiary alicyclic amines) is 1. The van der Waals surface area contributed by atoms with Crippen LogP contribution in [0.3, 0.4) is 0 Å². The molecule has 1 aliphatic heterocycles. The van der Waals surface area contributed by atoms with E-state index in [1.54, 1.807) is 54.7 Å². The van der Waals surface area contributed by atoms with Crippen molar-refractivity contribution in [2.24, 2.45) is 0 Å². The second-order valence-electron chi connectivity index (χ2n) is 6.78. The van der Waals surface area contributed by atoms with Crippen molar-refractivity contribution in [3.63, 3.8) is 0 Å². The molecule has 1 atom stereocenters. The highest BCUT2D eigenvalue weighted by atomic mass is 79.9. The van der Waals surface area contributed by atoms with Crippen LogP contribution in [0.4, 0.5) is 4.39 Å². The molecule has 1 unspecified atom stereocenters. The van der Waals surface area contributed by atoms with Crippen LogP contribution in [0.2, 0.25) is 0 Å². The Balaban J connectivity index is 1.88. The first-order valence-corrected chi connectivity index (χ1v) is 9.95. The van der Waals surface area contributed by atoms with Crippen LogP contribution in [0.5, 0.6) is 0 Å². The van der Waals surface area contributed by atoms with Crippen LogP contribution in [-0.4, -0.2) is 26.7 Å². The zero-order valence-corrected chi connectivity index (χ0v) is 17.2. The number of hydrogen-bond donors (Lipinski definition) is 1. The molecular weight excluding hydrogens is 451 g/mol. The van der Waals surface area contributed by atoms with Crippen LogP contribution >= 0.6 is 15.9 Å². The number of ketones is 1. The molecule has 1 amide bonds. The zero-order valence-electron chi connectivity index (χ0n) is 15.6. The number of carbonyl (C=O) groups excluding carboxylic acids is 2. The number of benzene rings is 2. The van der Waals surface area contributed by atoms with E-state index in [4.69, 9.17) is 0 Å². The Morgan fingerprint density at radius 3 is 2.40 bits per heavy atom. The van der Waals surface area contributed by atoms with E-state index in [0.29, 0.717) is 11.3 Å². The summed E-state index contributed by atoms with van der Waals surface area (Å²) in [4.78, 5) is 31.3. The lowest BCUT2D eigenvalue weighted by atomic mass is 9.95. The molecule has 2 aromatic carbocycles. The molecule has 150 valence electrons. The van der Waals surface area contributed by atoms with E-state index in [1.807, 2.05) is 0 Å². The number of aliphatic hydroxyl groups is 1. The average Bonchev–Trinajstić information content (AvgIpc) is 3.00. The predicted molar refractivity (Wildman–Crippen MR) is 113 cm³/mol. The minimum Gasteiger partial charge on any atom is -0.507 e. The van der Waals surface area contributed by atoms with Gasteiger partial charge in [-0.1, -0.05) is 52.3 Å². The van der Waals surface area contributed by atoms with Gasteiger partial charge in [0.05, 0.1) is 23.9 Å². The summed E-state index contributed by atoms with van der Waals surface area (Å²) < 4.78 is 15.5. The van der Waals surface area contributed by atoms with Gasteiger partial charge in [-0.05, 0) is 30.3 Å². The van der Waals surface area contributed by atoms with Gasteiger partial charge in [-0.15, -0.1) is 0 Å². The minimum atomic E-state index is -1.07. The second kappa shape index (κ2) is 8.20. The molecule has 30 heavy (non-hydrogen) atoms. The highest BCUT2D eigenvalue weighted by molar-refractivity contribution is 9.10. The van der Waals surface area contributed by atoms with Gasteiger partial charge < -0.3 is 10.0 Å². The van der Waals surface area contributed by atoms with Gasteiger partial charge in [0.25, 0.3) is 11.7 Å². The summed E-state index contributed by atoms with van der Waals surface area (Å²) in [5.74, 6) is -2.60. The Morgan fingerprint density at radius 2 is 1.73 bits per heavy atom. The van der Waals surface area contributed by atoms with Crippen molar-refractivity contribution in [2.45, 2.75) is 12.6 Å². The van der Waals surface area contributed by atoms with Crippen molar-refractivity contribution >= 4 is 33.4 Å². The standard InChI is InChI=1S/C23H16BrFN2O3/c24-15-10-8-14(9-11-15)21(28)19-20(17-6-1-2-7-18(17)25)27(23(30)22(19)29)13-16-5-3-4-12-26-16/h1-12,20,28H,13H2/b21-19-. The van der Waals surface area contributed by atoms with Crippen molar-refractivity contribution in [1.82, 2.24) is 9.88 Å². The third-order valence-corrected chi connectivity index (χ3v) is 5.44. The Hall–Kier alpha value is -3.32. The number of nitrogens with zero attached hydrogens (tertiary/aromatic N) is 2. The van der Waals surface area contributed by atoms with Gasteiger partial charge in [0, 0.05) is 21.8 Å². The van der Waals surface area contributed by atoms with Crippen molar-refractivity contribution in [3.05, 3.63) is 106 Å². The van der Waals surface area contributed by atoms with Crippen molar-refractivity contribution < 1.29 is 19.1 Å². The first kappa shape index (κ1) is 20.0. The van der Waals surface area contributed by atoms with Crippen LogP contribution in [-0.2, 0) is 16.1 Å². The Labute approximate surface area is 180 Å². The first-order valence-electron chi connectivity index (χ1n) is 9.16. The van der Waals surface area contributed by atoms with E-state index >= 15 is 0 Å². The number of rotatable bonds is 4. The summed E-state index contributed by atoms with van der Waals surface area (Å²) in [6.45, 7) is 0.00152. The molecule has 3 aromatic rings. The minimum absolute atomic E-state index is 0.00152. The zero-order chi connectivity index (χ0) is 21.3. The summed E-state index contributed by atoms with van der Waals surface area (Å²) >= 11 is 3.32. The molecule has 1 aromatic heterocycles. The van der Waals surface area contributed by atoms with Crippen LogP contribution in [0.25, 0.3) is 5.76 Å². The van der Waals surface area contributed by atoms with E-state index in [9.17, 15) is 19.1 Å². The van der Waals surface area contributed by atoms with E-state index in [0.717, 1.165) is 4.47 Å². The molecule has 1 fully saturated rings. The lowest BCUT2D eigenvalue weighted by Gasteiger charge is -2.25. The lowest BCUT2D eigenvalue weighted by molar-refractivity contribution is -0.140. The van der Waals surface area contributed by atoms with Gasteiger partial charge in [0.15, 0.2) is 0 Å². The molecule has 0 saturated carbocycles. The second-order valence-corrected chi connectivity index (χ2v) is 7.69. The van der Waals surface area contributed by atoms with Crippen molar-refractivity contribution in [1.29, 1.82) is 0 Å². The molecule has 1 saturated heterocycles. The molecule has 4 rings (SSSR count). The topological polar surface area (TPSA) is 70.5 Å². The van der Waals surface area contributed by atoms with E-state index in [1.165, 1.54) is 23.1 Å². The number of halogens is 2. The van der Waals surface area contributed by atoms with Crippen LogP contribution < -0.4 is 0 Å². The van der Waals surface area contributed by atoms with Gasteiger partial charge >= 0.3 is 0 Å². The molecule has 1 N–H and O–H groups in total. The van der Waals surface area contributed by atoms with Crippen LogP contribution in [0.1, 0.15) is 22.9 Å². The lowest BCUT2D eigenvalue weighted by Crippen LogP contribution is -2.30. The van der Waals surface area contributed by atoms with Crippen LogP contribution in [0, 0.1) is 5.82 Å². The maximum atomic E-state index is 14.7. The highest BCUT2D eigenvalue weighted by Crippen LogP contribution is 2.41. The summed E-state index contributed by atoms with van der Waals surface area (Å²) in [5.41, 5.74) is 0.884. The maximum absolute atomic E-state index is 14.7. The fourth-order valence-corrected chi connectivity index (χ4v) is 3.76. The predicted octanol–water partition coefficient (Wildman–Crippen LogP) is 4.61. The Kier molecular flexibility index (Phi) is 5.46. The molecule has 2 heterocycles. The summed E-state index contributed by atoms with van der Waals surface area (Å²) in [6, 6.07) is 16.7. The quantitative estimate of drug-likeness (QED) is 0.346. The number of pyridine rings is 1. The fourth-order valence-electron chi connectivity index (χ4n) is 3.49. The van der Waals surface area contributed by atoms with E-state index in [-0.39, 0.29) is 23.4 Å². The van der Waals surface area contributed by atoms with E-state index in [2.05, 4.69) is 20.9 Å². The molecule has 1 aliphatic rings. The summed E-state index contributed by atoms with van der Waals surface area (Å²) in [5, 5.41) is 10.9. The monoisotopic (exact) mass is 466 g/mol. The van der Waals surface area contributed by atoms with Gasteiger partial charge in [-0.3, -0.25) is 14.6 Å². The number of hydrogen-bond acceptors (Lipinski definition) is 4. The van der Waals surface area contributed by atoms with Crippen LogP contribution in [0.15, 0.2) is 83.0 Å². The maximum Gasteiger partial charge on any atom is 0.296 e. The highest BCUT2D eigenvalue weighted by Gasteiger charge is 2.47. The van der Waals surface area contributed by atoms with Gasteiger partial charge in [0.1, 0.15) is 11.6 Å². The van der Waals surface area contributed by atoms with Gasteiger partial charge in [-0.25, -0.2) is 4.39 Å². The largest absolute Gasteiger partial charge is 0.507 e. The van der Waals surface area contributed by atoms with Gasteiger partial charge in [0.2, 0.25) is 0 Å². The third kappa shape index (κ3) is 3.64. The normalized spacial score (nSPS) is 18.1. The molecule has 0 radical (unpaired) electrons. The average molecular weight is 467 g/mol.